The molecule has 0 radical (unpaired) electrons. The summed E-state index contributed by atoms with van der Waals surface area (Å²) in [6, 6.07) is 7.47. The van der Waals surface area contributed by atoms with Crippen molar-refractivity contribution in [3.63, 3.8) is 0 Å². The average molecular weight is 455 g/mol. The average Bonchev–Trinajstić information content (AvgIpc) is 3.27. The Labute approximate surface area is 184 Å². The van der Waals surface area contributed by atoms with Gasteiger partial charge in [0.15, 0.2) is 5.96 Å². The molecule has 1 heterocycles. The number of alkyl halides is 3. The predicted octanol–water partition coefficient (Wildman–Crippen LogP) is 3.16. The van der Waals surface area contributed by atoms with Crippen molar-refractivity contribution in [3.8, 4) is 5.75 Å². The Morgan fingerprint density at radius 3 is 2.59 bits per heavy atom. The van der Waals surface area contributed by atoms with E-state index in [0.29, 0.717) is 12.4 Å². The van der Waals surface area contributed by atoms with Crippen LogP contribution in [0.25, 0.3) is 0 Å². The molecular formula is C22H28F3N3O4. The molecule has 0 saturated heterocycles. The molecule has 176 valence electrons. The van der Waals surface area contributed by atoms with Crippen LogP contribution >= 0.6 is 0 Å². The first kappa shape index (κ1) is 23.9. The molecule has 2 N–H and O–H groups in total. The molecule has 0 aromatic heterocycles. The number of guanidine groups is 1. The second kappa shape index (κ2) is 9.79. The summed E-state index contributed by atoms with van der Waals surface area (Å²) in [5.74, 6) is -2.31. The quantitative estimate of drug-likeness (QED) is 0.356. The third-order valence-corrected chi connectivity index (χ3v) is 5.89. The number of halogens is 3. The van der Waals surface area contributed by atoms with Gasteiger partial charge in [-0.25, -0.2) is 4.79 Å². The molecule has 0 spiro atoms. The minimum atomic E-state index is -5.18. The van der Waals surface area contributed by atoms with Crippen molar-refractivity contribution in [2.75, 3.05) is 26.2 Å². The number of benzene rings is 1. The molecule has 1 aliphatic carbocycles. The van der Waals surface area contributed by atoms with Gasteiger partial charge >= 0.3 is 18.1 Å². The maximum atomic E-state index is 12.3. The standard InChI is InChI=1S/C22H28F3N3O4/c1-21(2)16(13-17(29)32-19(30)22(23,24)25)18(21)14-5-7-15(8-6-14)31-12-4-11-28-20-26-9-3-10-27-20/h5-8,16,18H,3-4,9-13H2,1-2H3,(H2,26,27,28). The lowest BCUT2D eigenvalue weighted by atomic mass is 10.0. The third-order valence-electron chi connectivity index (χ3n) is 5.89. The summed E-state index contributed by atoms with van der Waals surface area (Å²) in [5.41, 5.74) is 0.676. The molecule has 1 aromatic carbocycles. The lowest BCUT2D eigenvalue weighted by Crippen LogP contribution is -2.41. The second-order valence-electron chi connectivity index (χ2n) is 8.58. The van der Waals surface area contributed by atoms with Crippen LogP contribution in [0.15, 0.2) is 29.3 Å². The largest absolute Gasteiger partial charge is 0.494 e. The second-order valence-corrected chi connectivity index (χ2v) is 8.58. The number of nitrogens with zero attached hydrogens (tertiary/aromatic N) is 1. The summed E-state index contributed by atoms with van der Waals surface area (Å²) in [6.07, 6.45) is -3.57. The van der Waals surface area contributed by atoms with Crippen molar-refractivity contribution >= 4 is 17.9 Å². The number of aliphatic imine (C=N–C) groups is 1. The van der Waals surface area contributed by atoms with E-state index in [1.165, 1.54) is 0 Å². The first-order valence-electron chi connectivity index (χ1n) is 10.7. The molecule has 2 atom stereocenters. The Morgan fingerprint density at radius 2 is 1.97 bits per heavy atom. The molecule has 7 nitrogen and oxygen atoms in total. The van der Waals surface area contributed by atoms with Crippen LogP contribution in [0, 0.1) is 11.3 Å². The van der Waals surface area contributed by atoms with Crippen LogP contribution < -0.4 is 15.4 Å². The van der Waals surface area contributed by atoms with Crippen LogP contribution in [0.3, 0.4) is 0 Å². The lowest BCUT2D eigenvalue weighted by Gasteiger charge is -2.16. The highest BCUT2D eigenvalue weighted by Gasteiger charge is 2.59. The molecule has 1 aromatic rings. The smallest absolute Gasteiger partial charge is 0.491 e. The zero-order valence-corrected chi connectivity index (χ0v) is 18.1. The fourth-order valence-electron chi connectivity index (χ4n) is 4.06. The van der Waals surface area contributed by atoms with Crippen molar-refractivity contribution in [1.29, 1.82) is 0 Å². The molecular weight excluding hydrogens is 427 g/mol. The first-order chi connectivity index (χ1) is 15.1. The van der Waals surface area contributed by atoms with Crippen LogP contribution in [0.2, 0.25) is 0 Å². The number of carbonyl (C=O) groups excluding carboxylic acids is 2. The van der Waals surface area contributed by atoms with Crippen molar-refractivity contribution in [2.45, 2.75) is 45.2 Å². The molecule has 32 heavy (non-hydrogen) atoms. The Bertz CT molecular complexity index is 853. The Balaban J connectivity index is 1.43. The SMILES string of the molecule is CC1(C)C(CC(=O)OC(=O)C(F)(F)F)C1c1ccc(OCCCNC2=NCCCN2)cc1. The first-order valence-corrected chi connectivity index (χ1v) is 10.7. The van der Waals surface area contributed by atoms with Crippen LogP contribution in [-0.4, -0.2) is 50.3 Å². The number of ether oxygens (including phenoxy) is 2. The minimum Gasteiger partial charge on any atom is -0.494 e. The van der Waals surface area contributed by atoms with Gasteiger partial charge in [-0.3, -0.25) is 9.79 Å². The number of nitrogens with one attached hydrogen (secondary N) is 2. The van der Waals surface area contributed by atoms with Gasteiger partial charge in [-0.15, -0.1) is 0 Å². The van der Waals surface area contributed by atoms with E-state index < -0.39 is 18.1 Å². The zero-order chi connectivity index (χ0) is 23.4. The summed E-state index contributed by atoms with van der Waals surface area (Å²) < 4.78 is 46.5. The van der Waals surface area contributed by atoms with E-state index in [1.807, 2.05) is 38.1 Å². The number of rotatable bonds is 8. The van der Waals surface area contributed by atoms with Gasteiger partial charge in [-0.2, -0.15) is 13.2 Å². The van der Waals surface area contributed by atoms with E-state index in [4.69, 9.17) is 4.74 Å². The number of esters is 2. The van der Waals surface area contributed by atoms with Crippen LogP contribution in [0.5, 0.6) is 5.75 Å². The predicted molar refractivity (Wildman–Crippen MR) is 111 cm³/mol. The summed E-state index contributed by atoms with van der Waals surface area (Å²) >= 11 is 0. The van der Waals surface area contributed by atoms with Gasteiger partial charge in [0.2, 0.25) is 0 Å². The van der Waals surface area contributed by atoms with Crippen LogP contribution in [0.4, 0.5) is 13.2 Å². The molecule has 1 saturated carbocycles. The van der Waals surface area contributed by atoms with Crippen molar-refractivity contribution in [2.24, 2.45) is 16.3 Å². The molecule has 2 aliphatic rings. The monoisotopic (exact) mass is 455 g/mol. The summed E-state index contributed by atoms with van der Waals surface area (Å²) in [7, 11) is 0. The van der Waals surface area contributed by atoms with Gasteiger partial charge < -0.3 is 20.1 Å². The Kier molecular flexibility index (Phi) is 7.30. The summed E-state index contributed by atoms with van der Waals surface area (Å²) in [6.45, 7) is 6.92. The van der Waals surface area contributed by atoms with Crippen molar-refractivity contribution < 1.29 is 32.2 Å². The van der Waals surface area contributed by atoms with Gasteiger partial charge in [0.25, 0.3) is 0 Å². The van der Waals surface area contributed by atoms with Gasteiger partial charge in [0, 0.05) is 26.1 Å². The molecule has 3 rings (SSSR count). The fourth-order valence-corrected chi connectivity index (χ4v) is 4.06. The Hall–Kier alpha value is -2.78. The van der Waals surface area contributed by atoms with Gasteiger partial charge in [0.05, 0.1) is 6.61 Å². The summed E-state index contributed by atoms with van der Waals surface area (Å²) in [4.78, 5) is 26.9. The Morgan fingerprint density at radius 1 is 1.25 bits per heavy atom. The molecule has 2 unspecified atom stereocenters. The summed E-state index contributed by atoms with van der Waals surface area (Å²) in [5, 5.41) is 6.42. The highest BCUT2D eigenvalue weighted by Crippen LogP contribution is 2.66. The maximum absolute atomic E-state index is 12.3. The molecule has 10 heteroatoms. The van der Waals surface area contributed by atoms with E-state index in [1.54, 1.807) is 0 Å². The van der Waals surface area contributed by atoms with E-state index in [9.17, 15) is 22.8 Å². The molecule has 1 fully saturated rings. The third kappa shape index (κ3) is 6.14. The lowest BCUT2D eigenvalue weighted by molar-refractivity contribution is -0.202. The minimum absolute atomic E-state index is 0.0157. The van der Waals surface area contributed by atoms with Gasteiger partial charge in [-0.1, -0.05) is 26.0 Å². The van der Waals surface area contributed by atoms with Crippen molar-refractivity contribution in [1.82, 2.24) is 10.6 Å². The molecule has 0 bridgehead atoms. The number of hydrogen-bond donors (Lipinski definition) is 2. The van der Waals surface area contributed by atoms with Crippen LogP contribution in [0.1, 0.15) is 44.6 Å². The zero-order valence-electron chi connectivity index (χ0n) is 18.1. The van der Waals surface area contributed by atoms with E-state index >= 15 is 0 Å². The van der Waals surface area contributed by atoms with E-state index in [-0.39, 0.29) is 23.7 Å². The van der Waals surface area contributed by atoms with Crippen LogP contribution in [-0.2, 0) is 14.3 Å². The van der Waals surface area contributed by atoms with Gasteiger partial charge in [-0.05, 0) is 47.8 Å². The number of carbonyl (C=O) groups is 2. The topological polar surface area (TPSA) is 89.0 Å². The van der Waals surface area contributed by atoms with E-state index in [2.05, 4.69) is 20.4 Å². The fraction of sp³-hybridized carbons (Fsp3) is 0.591. The molecule has 0 amide bonds. The maximum Gasteiger partial charge on any atom is 0.491 e. The highest BCUT2D eigenvalue weighted by molar-refractivity contribution is 5.88. The molecule has 1 aliphatic heterocycles. The van der Waals surface area contributed by atoms with Gasteiger partial charge in [0.1, 0.15) is 5.75 Å². The normalized spacial score (nSPS) is 21.7. The van der Waals surface area contributed by atoms with E-state index in [0.717, 1.165) is 44.0 Å². The highest BCUT2D eigenvalue weighted by atomic mass is 19.4. The number of hydrogen-bond acceptors (Lipinski definition) is 7. The van der Waals surface area contributed by atoms with Crippen molar-refractivity contribution in [3.05, 3.63) is 29.8 Å².